The average molecular weight is 441 g/mol. The standard InChI is InChI=1S/C24H25FN2O3S/c1-17-5-12-22(13-6-17)31(29,30)27(15-20-8-10-21(25)11-9-20)16-24(28)26-23-14-18(2)4-7-19(23)3/h4-14H,15-16H2,1-3H3,(H,26,28). The van der Waals surface area contributed by atoms with E-state index < -0.39 is 21.7 Å². The molecule has 1 N–H and O–H groups in total. The molecular formula is C24H25FN2O3S. The molecular weight excluding hydrogens is 415 g/mol. The van der Waals surface area contributed by atoms with Crippen molar-refractivity contribution in [2.45, 2.75) is 32.2 Å². The van der Waals surface area contributed by atoms with E-state index in [1.54, 1.807) is 12.1 Å². The van der Waals surface area contributed by atoms with Gasteiger partial charge in [0.05, 0.1) is 11.4 Å². The molecule has 0 saturated heterocycles. The van der Waals surface area contributed by atoms with Gasteiger partial charge in [0.15, 0.2) is 0 Å². The first-order valence-corrected chi connectivity index (χ1v) is 11.3. The minimum Gasteiger partial charge on any atom is -0.325 e. The summed E-state index contributed by atoms with van der Waals surface area (Å²) in [6.45, 7) is 5.22. The predicted octanol–water partition coefficient (Wildman–Crippen LogP) is 4.58. The molecule has 0 spiro atoms. The lowest BCUT2D eigenvalue weighted by Gasteiger charge is -2.22. The quantitative estimate of drug-likeness (QED) is 0.585. The third kappa shape index (κ3) is 5.77. The van der Waals surface area contributed by atoms with E-state index in [1.165, 1.54) is 36.4 Å². The van der Waals surface area contributed by atoms with Crippen molar-refractivity contribution in [3.63, 3.8) is 0 Å². The van der Waals surface area contributed by atoms with E-state index in [0.717, 1.165) is 21.0 Å². The van der Waals surface area contributed by atoms with Gasteiger partial charge in [-0.05, 0) is 67.8 Å². The molecule has 0 fully saturated rings. The van der Waals surface area contributed by atoms with Gasteiger partial charge in [0.1, 0.15) is 5.82 Å². The van der Waals surface area contributed by atoms with Crippen molar-refractivity contribution in [1.29, 1.82) is 0 Å². The Kier molecular flexibility index (Phi) is 6.87. The van der Waals surface area contributed by atoms with Crippen molar-refractivity contribution >= 4 is 21.6 Å². The van der Waals surface area contributed by atoms with E-state index in [2.05, 4.69) is 5.32 Å². The van der Waals surface area contributed by atoms with Gasteiger partial charge in [-0.1, -0.05) is 42.0 Å². The lowest BCUT2D eigenvalue weighted by Crippen LogP contribution is -2.37. The molecule has 3 rings (SSSR count). The highest BCUT2D eigenvalue weighted by molar-refractivity contribution is 7.89. The molecule has 5 nitrogen and oxygen atoms in total. The lowest BCUT2D eigenvalue weighted by molar-refractivity contribution is -0.116. The second kappa shape index (κ2) is 9.41. The van der Waals surface area contributed by atoms with Crippen LogP contribution in [0.2, 0.25) is 0 Å². The average Bonchev–Trinajstić information content (AvgIpc) is 2.72. The maximum atomic E-state index is 13.3. The molecule has 0 atom stereocenters. The van der Waals surface area contributed by atoms with Gasteiger partial charge in [0.2, 0.25) is 15.9 Å². The summed E-state index contributed by atoms with van der Waals surface area (Å²) < 4.78 is 41.0. The van der Waals surface area contributed by atoms with Crippen LogP contribution in [-0.2, 0) is 21.4 Å². The molecule has 0 bridgehead atoms. The molecule has 0 radical (unpaired) electrons. The molecule has 3 aromatic rings. The van der Waals surface area contributed by atoms with Gasteiger partial charge < -0.3 is 5.32 Å². The summed E-state index contributed by atoms with van der Waals surface area (Å²) >= 11 is 0. The van der Waals surface area contributed by atoms with Crippen LogP contribution in [0.5, 0.6) is 0 Å². The molecule has 31 heavy (non-hydrogen) atoms. The molecule has 0 aromatic heterocycles. The summed E-state index contributed by atoms with van der Waals surface area (Å²) in [7, 11) is -3.95. The SMILES string of the molecule is Cc1ccc(S(=O)(=O)N(CC(=O)Nc2cc(C)ccc2C)Cc2ccc(F)cc2)cc1. The Morgan fingerprint density at radius 2 is 1.52 bits per heavy atom. The smallest absolute Gasteiger partial charge is 0.243 e. The zero-order valence-corrected chi connectivity index (χ0v) is 18.5. The van der Waals surface area contributed by atoms with Gasteiger partial charge in [-0.3, -0.25) is 4.79 Å². The van der Waals surface area contributed by atoms with E-state index in [9.17, 15) is 17.6 Å². The second-order valence-corrected chi connectivity index (χ2v) is 9.52. The summed E-state index contributed by atoms with van der Waals surface area (Å²) in [5.74, 6) is -0.865. The van der Waals surface area contributed by atoms with E-state index in [1.807, 2.05) is 39.0 Å². The topological polar surface area (TPSA) is 66.5 Å². The largest absolute Gasteiger partial charge is 0.325 e. The fraction of sp³-hybridized carbons (Fsp3) is 0.208. The molecule has 0 unspecified atom stereocenters. The van der Waals surface area contributed by atoms with Gasteiger partial charge in [0, 0.05) is 12.2 Å². The molecule has 0 aliphatic heterocycles. The number of hydrogen-bond donors (Lipinski definition) is 1. The Morgan fingerprint density at radius 1 is 0.903 bits per heavy atom. The number of aryl methyl sites for hydroxylation is 3. The number of halogens is 1. The number of benzene rings is 3. The van der Waals surface area contributed by atoms with Crippen LogP contribution in [0.15, 0.2) is 71.6 Å². The minimum atomic E-state index is -3.95. The number of hydrogen-bond acceptors (Lipinski definition) is 3. The molecule has 162 valence electrons. The van der Waals surface area contributed by atoms with Crippen LogP contribution in [0.25, 0.3) is 0 Å². The Morgan fingerprint density at radius 3 is 2.16 bits per heavy atom. The van der Waals surface area contributed by atoms with E-state index in [-0.39, 0.29) is 18.0 Å². The third-order valence-corrected chi connectivity index (χ3v) is 6.72. The Hall–Kier alpha value is -3.03. The first kappa shape index (κ1) is 22.7. The van der Waals surface area contributed by atoms with Crippen molar-refractivity contribution in [2.75, 3.05) is 11.9 Å². The van der Waals surface area contributed by atoms with E-state index >= 15 is 0 Å². The number of carbonyl (C=O) groups is 1. The van der Waals surface area contributed by atoms with Crippen molar-refractivity contribution in [3.8, 4) is 0 Å². The second-order valence-electron chi connectivity index (χ2n) is 7.58. The van der Waals surface area contributed by atoms with Gasteiger partial charge in [0.25, 0.3) is 0 Å². The lowest BCUT2D eigenvalue weighted by atomic mass is 10.1. The van der Waals surface area contributed by atoms with Crippen LogP contribution in [0.3, 0.4) is 0 Å². The summed E-state index contributed by atoms with van der Waals surface area (Å²) in [4.78, 5) is 12.9. The van der Waals surface area contributed by atoms with E-state index in [0.29, 0.717) is 11.3 Å². The summed E-state index contributed by atoms with van der Waals surface area (Å²) in [5.41, 5.74) is 4.01. The Balaban J connectivity index is 1.89. The normalized spacial score (nSPS) is 11.5. The van der Waals surface area contributed by atoms with Gasteiger partial charge in [-0.15, -0.1) is 0 Å². The molecule has 0 aliphatic rings. The first-order chi connectivity index (χ1) is 14.6. The summed E-state index contributed by atoms with van der Waals surface area (Å²) in [6, 6.07) is 17.7. The van der Waals surface area contributed by atoms with Crippen molar-refractivity contribution in [1.82, 2.24) is 4.31 Å². The van der Waals surface area contributed by atoms with E-state index in [4.69, 9.17) is 0 Å². The summed E-state index contributed by atoms with van der Waals surface area (Å²) in [5, 5.41) is 2.80. The Labute approximate surface area is 182 Å². The molecule has 0 aliphatic carbocycles. The van der Waals surface area contributed by atoms with Crippen LogP contribution in [0.4, 0.5) is 10.1 Å². The van der Waals surface area contributed by atoms with Crippen molar-refractivity contribution in [2.24, 2.45) is 0 Å². The fourth-order valence-electron chi connectivity index (χ4n) is 3.10. The fourth-order valence-corrected chi connectivity index (χ4v) is 4.48. The molecule has 3 aromatic carbocycles. The predicted molar refractivity (Wildman–Crippen MR) is 120 cm³/mol. The Bertz CT molecular complexity index is 1170. The number of nitrogens with zero attached hydrogens (tertiary/aromatic N) is 1. The molecule has 7 heteroatoms. The first-order valence-electron chi connectivity index (χ1n) is 9.83. The summed E-state index contributed by atoms with van der Waals surface area (Å²) in [6.07, 6.45) is 0. The molecule has 0 heterocycles. The number of anilines is 1. The van der Waals surface area contributed by atoms with Gasteiger partial charge in [-0.2, -0.15) is 4.31 Å². The zero-order chi connectivity index (χ0) is 22.6. The van der Waals surface area contributed by atoms with Crippen LogP contribution >= 0.6 is 0 Å². The maximum absolute atomic E-state index is 13.3. The number of sulfonamides is 1. The minimum absolute atomic E-state index is 0.0588. The van der Waals surface area contributed by atoms with Gasteiger partial charge >= 0.3 is 0 Å². The highest BCUT2D eigenvalue weighted by Gasteiger charge is 2.27. The van der Waals surface area contributed by atoms with Crippen LogP contribution in [-0.4, -0.2) is 25.2 Å². The number of amides is 1. The number of rotatable bonds is 7. The van der Waals surface area contributed by atoms with Crippen molar-refractivity contribution in [3.05, 3.63) is 94.8 Å². The number of nitrogens with one attached hydrogen (secondary N) is 1. The van der Waals surface area contributed by atoms with Crippen molar-refractivity contribution < 1.29 is 17.6 Å². The van der Waals surface area contributed by atoms with Crippen LogP contribution in [0.1, 0.15) is 22.3 Å². The molecule has 1 amide bonds. The zero-order valence-electron chi connectivity index (χ0n) is 17.7. The van der Waals surface area contributed by atoms with Gasteiger partial charge in [-0.25, -0.2) is 12.8 Å². The highest BCUT2D eigenvalue weighted by atomic mass is 32.2. The molecule has 0 saturated carbocycles. The van der Waals surface area contributed by atoms with Crippen LogP contribution in [0, 0.1) is 26.6 Å². The highest BCUT2D eigenvalue weighted by Crippen LogP contribution is 2.21. The maximum Gasteiger partial charge on any atom is 0.243 e. The monoisotopic (exact) mass is 440 g/mol. The number of carbonyl (C=O) groups excluding carboxylic acids is 1. The third-order valence-electron chi connectivity index (χ3n) is 4.92. The van der Waals surface area contributed by atoms with Crippen LogP contribution < -0.4 is 5.32 Å².